The Kier molecular flexibility index (Phi) is 5.12. The number of ether oxygens (including phenoxy) is 1. The summed E-state index contributed by atoms with van der Waals surface area (Å²) in [6, 6.07) is 20.9. The molecule has 0 aliphatic carbocycles. The monoisotopic (exact) mass is 387 g/mol. The van der Waals surface area contributed by atoms with Crippen molar-refractivity contribution < 1.29 is 9.53 Å². The Hall–Kier alpha value is -3.51. The van der Waals surface area contributed by atoms with Gasteiger partial charge in [-0.25, -0.2) is 4.98 Å². The van der Waals surface area contributed by atoms with Crippen molar-refractivity contribution in [3.05, 3.63) is 84.0 Å². The molecule has 0 saturated heterocycles. The zero-order valence-electron chi connectivity index (χ0n) is 15.1. The van der Waals surface area contributed by atoms with E-state index in [1.807, 2.05) is 54.6 Å². The molecule has 4 aromatic rings. The largest absolute Gasteiger partial charge is 0.497 e. The van der Waals surface area contributed by atoms with E-state index in [1.54, 1.807) is 31.6 Å². The normalized spacial score (nSPS) is 10.5. The summed E-state index contributed by atoms with van der Waals surface area (Å²) in [7, 11) is 1.63. The van der Waals surface area contributed by atoms with Crippen LogP contribution in [0.4, 0.5) is 5.69 Å². The van der Waals surface area contributed by atoms with Crippen molar-refractivity contribution in [3.63, 3.8) is 0 Å². The Labute approximate surface area is 166 Å². The standard InChI is InChI=1S/C22H17N3O2S/c1-27-18-11-5-9-16(13-18)22-25-19(15-7-3-2-4-8-15)20(28-22)21(26)24-17-10-6-12-23-14-17/h2-14H,1H3,(H,24,26). The molecule has 0 aliphatic rings. The van der Waals surface area contributed by atoms with Crippen LogP contribution < -0.4 is 10.1 Å². The Morgan fingerprint density at radius 2 is 1.82 bits per heavy atom. The predicted octanol–water partition coefficient (Wildman–Crippen LogP) is 5.13. The lowest BCUT2D eigenvalue weighted by molar-refractivity contribution is 0.103. The maximum Gasteiger partial charge on any atom is 0.268 e. The van der Waals surface area contributed by atoms with Gasteiger partial charge >= 0.3 is 0 Å². The van der Waals surface area contributed by atoms with Crippen LogP contribution in [0.1, 0.15) is 9.67 Å². The molecule has 0 unspecified atom stereocenters. The molecule has 0 fully saturated rings. The third-order valence-corrected chi connectivity index (χ3v) is 5.22. The topological polar surface area (TPSA) is 64.1 Å². The fourth-order valence-electron chi connectivity index (χ4n) is 2.77. The number of nitrogens with one attached hydrogen (secondary N) is 1. The molecule has 4 rings (SSSR count). The van der Waals surface area contributed by atoms with Crippen LogP contribution in [0, 0.1) is 0 Å². The number of hydrogen-bond acceptors (Lipinski definition) is 5. The highest BCUT2D eigenvalue weighted by molar-refractivity contribution is 7.17. The van der Waals surface area contributed by atoms with Crippen LogP contribution in [0.3, 0.4) is 0 Å². The van der Waals surface area contributed by atoms with E-state index in [0.29, 0.717) is 16.3 Å². The van der Waals surface area contributed by atoms with Crippen molar-refractivity contribution in [3.8, 4) is 27.6 Å². The first kappa shape index (κ1) is 17.9. The van der Waals surface area contributed by atoms with Gasteiger partial charge in [-0.15, -0.1) is 11.3 Å². The van der Waals surface area contributed by atoms with Gasteiger partial charge in [-0.2, -0.15) is 0 Å². The summed E-state index contributed by atoms with van der Waals surface area (Å²) < 4.78 is 5.32. The number of carbonyl (C=O) groups is 1. The fourth-order valence-corrected chi connectivity index (χ4v) is 3.75. The second-order valence-corrected chi connectivity index (χ2v) is 6.99. The zero-order chi connectivity index (χ0) is 19.3. The molecule has 138 valence electrons. The van der Waals surface area contributed by atoms with E-state index in [9.17, 15) is 4.79 Å². The van der Waals surface area contributed by atoms with Gasteiger partial charge in [0.15, 0.2) is 0 Å². The minimum absolute atomic E-state index is 0.210. The summed E-state index contributed by atoms with van der Waals surface area (Å²) in [5.41, 5.74) is 3.10. The maximum atomic E-state index is 13.0. The van der Waals surface area contributed by atoms with Gasteiger partial charge in [0.25, 0.3) is 5.91 Å². The van der Waals surface area contributed by atoms with E-state index < -0.39 is 0 Å². The molecule has 28 heavy (non-hydrogen) atoms. The fraction of sp³-hybridized carbons (Fsp3) is 0.0455. The summed E-state index contributed by atoms with van der Waals surface area (Å²) in [6.07, 6.45) is 3.28. The van der Waals surface area contributed by atoms with Gasteiger partial charge < -0.3 is 10.1 Å². The Morgan fingerprint density at radius 1 is 1.00 bits per heavy atom. The molecule has 0 saturated carbocycles. The molecule has 2 aromatic carbocycles. The molecule has 2 aromatic heterocycles. The highest BCUT2D eigenvalue weighted by Crippen LogP contribution is 2.35. The zero-order valence-corrected chi connectivity index (χ0v) is 15.9. The summed E-state index contributed by atoms with van der Waals surface area (Å²) in [6.45, 7) is 0. The average molecular weight is 387 g/mol. The van der Waals surface area contributed by atoms with Gasteiger partial charge in [-0.3, -0.25) is 9.78 Å². The number of hydrogen-bond donors (Lipinski definition) is 1. The van der Waals surface area contributed by atoms with Crippen LogP contribution in [-0.4, -0.2) is 23.0 Å². The van der Waals surface area contributed by atoms with Crippen LogP contribution in [0.15, 0.2) is 79.1 Å². The van der Waals surface area contributed by atoms with Crippen LogP contribution in [0.2, 0.25) is 0 Å². The summed E-state index contributed by atoms with van der Waals surface area (Å²) in [4.78, 5) is 22.4. The number of amides is 1. The predicted molar refractivity (Wildman–Crippen MR) is 112 cm³/mol. The van der Waals surface area contributed by atoms with Crippen LogP contribution >= 0.6 is 11.3 Å². The first-order valence-corrected chi connectivity index (χ1v) is 9.48. The van der Waals surface area contributed by atoms with E-state index >= 15 is 0 Å². The van der Waals surface area contributed by atoms with Gasteiger partial charge in [-0.1, -0.05) is 42.5 Å². The van der Waals surface area contributed by atoms with Crippen molar-refractivity contribution >= 4 is 22.9 Å². The van der Waals surface area contributed by atoms with Crippen molar-refractivity contribution in [2.75, 3.05) is 12.4 Å². The number of aromatic nitrogens is 2. The van der Waals surface area contributed by atoms with Crippen molar-refractivity contribution in [1.82, 2.24) is 9.97 Å². The van der Waals surface area contributed by atoms with Crippen molar-refractivity contribution in [2.45, 2.75) is 0 Å². The third-order valence-electron chi connectivity index (χ3n) is 4.12. The second kappa shape index (κ2) is 8.02. The summed E-state index contributed by atoms with van der Waals surface area (Å²) in [5, 5.41) is 3.66. The Balaban J connectivity index is 1.77. The summed E-state index contributed by atoms with van der Waals surface area (Å²) in [5.74, 6) is 0.536. The van der Waals surface area contributed by atoms with E-state index in [-0.39, 0.29) is 5.91 Å². The molecule has 0 bridgehead atoms. The number of nitrogens with zero attached hydrogens (tertiary/aromatic N) is 2. The van der Waals surface area contributed by atoms with Crippen molar-refractivity contribution in [2.24, 2.45) is 0 Å². The van der Waals surface area contributed by atoms with Gasteiger partial charge in [0.05, 0.1) is 24.7 Å². The molecule has 1 N–H and O–H groups in total. The lowest BCUT2D eigenvalue weighted by Gasteiger charge is -2.04. The number of thiazole rings is 1. The number of carbonyl (C=O) groups excluding carboxylic acids is 1. The number of benzene rings is 2. The third kappa shape index (κ3) is 3.77. The number of pyridine rings is 1. The second-order valence-electron chi connectivity index (χ2n) is 5.99. The van der Waals surface area contributed by atoms with E-state index in [0.717, 1.165) is 21.9 Å². The smallest absolute Gasteiger partial charge is 0.268 e. The molecule has 6 heteroatoms. The number of anilines is 1. The van der Waals surface area contributed by atoms with Crippen LogP contribution in [-0.2, 0) is 0 Å². The molecule has 0 atom stereocenters. The van der Waals surface area contributed by atoms with Gasteiger partial charge in [0.2, 0.25) is 0 Å². The Morgan fingerprint density at radius 3 is 2.57 bits per heavy atom. The van der Waals surface area contributed by atoms with Gasteiger partial charge in [-0.05, 0) is 24.3 Å². The van der Waals surface area contributed by atoms with Crippen LogP contribution in [0.5, 0.6) is 5.75 Å². The van der Waals surface area contributed by atoms with Crippen molar-refractivity contribution in [1.29, 1.82) is 0 Å². The quantitative estimate of drug-likeness (QED) is 0.515. The number of methoxy groups -OCH3 is 1. The van der Waals surface area contributed by atoms with E-state index in [2.05, 4.69) is 10.3 Å². The lowest BCUT2D eigenvalue weighted by atomic mass is 10.1. The summed E-state index contributed by atoms with van der Waals surface area (Å²) >= 11 is 1.35. The highest BCUT2D eigenvalue weighted by Gasteiger charge is 2.20. The minimum atomic E-state index is -0.210. The highest BCUT2D eigenvalue weighted by atomic mass is 32.1. The van der Waals surface area contributed by atoms with Gasteiger partial charge in [0, 0.05) is 17.3 Å². The minimum Gasteiger partial charge on any atom is -0.497 e. The molecular formula is C22H17N3O2S. The molecular weight excluding hydrogens is 370 g/mol. The molecule has 0 spiro atoms. The SMILES string of the molecule is COc1cccc(-c2nc(-c3ccccc3)c(C(=O)Nc3cccnc3)s2)c1. The first-order valence-electron chi connectivity index (χ1n) is 8.66. The van der Waals surface area contributed by atoms with E-state index in [1.165, 1.54) is 11.3 Å². The molecule has 5 nitrogen and oxygen atoms in total. The van der Waals surface area contributed by atoms with Gasteiger partial charge in [0.1, 0.15) is 15.6 Å². The molecule has 0 aliphatic heterocycles. The first-order chi connectivity index (χ1) is 13.7. The van der Waals surface area contributed by atoms with E-state index in [4.69, 9.17) is 9.72 Å². The lowest BCUT2D eigenvalue weighted by Crippen LogP contribution is -2.11. The Bertz CT molecular complexity index is 1100. The number of rotatable bonds is 5. The van der Waals surface area contributed by atoms with Crippen LogP contribution in [0.25, 0.3) is 21.8 Å². The molecule has 0 radical (unpaired) electrons. The molecule has 2 heterocycles. The molecule has 1 amide bonds. The maximum absolute atomic E-state index is 13.0. The average Bonchev–Trinajstić information content (AvgIpc) is 3.21.